The molecular weight excluding hydrogens is 170 g/mol. The first kappa shape index (κ1) is 8.83. The minimum absolute atomic E-state index is 0.825. The van der Waals surface area contributed by atoms with Crippen LogP contribution in [0.1, 0.15) is 25.7 Å². The molecule has 2 atom stereocenters. The van der Waals surface area contributed by atoms with Crippen molar-refractivity contribution in [2.24, 2.45) is 11.8 Å². The maximum atomic E-state index is 5.67. The van der Waals surface area contributed by atoms with Crippen molar-refractivity contribution in [1.82, 2.24) is 4.90 Å². The van der Waals surface area contributed by atoms with E-state index in [2.05, 4.69) is 4.90 Å². The lowest BCUT2D eigenvalue weighted by Crippen LogP contribution is -2.23. The van der Waals surface area contributed by atoms with Gasteiger partial charge < -0.3 is 4.90 Å². The first-order valence-corrected chi connectivity index (χ1v) is 5.72. The maximum Gasteiger partial charge on any atom is 0.0235 e. The largest absolute Gasteiger partial charge is 0.303 e. The van der Waals surface area contributed by atoms with Gasteiger partial charge in [-0.1, -0.05) is 6.42 Å². The molecule has 1 aliphatic carbocycles. The first-order chi connectivity index (χ1) is 5.90. The van der Waals surface area contributed by atoms with Gasteiger partial charge in [0.2, 0.25) is 0 Å². The van der Waals surface area contributed by atoms with Gasteiger partial charge in [-0.05, 0) is 37.6 Å². The summed E-state index contributed by atoms with van der Waals surface area (Å²) in [5, 5.41) is 0. The van der Waals surface area contributed by atoms with Gasteiger partial charge in [0.05, 0.1) is 0 Å². The Morgan fingerprint density at radius 3 is 2.42 bits per heavy atom. The molecule has 0 unspecified atom stereocenters. The van der Waals surface area contributed by atoms with E-state index in [1.54, 1.807) is 0 Å². The zero-order valence-corrected chi connectivity index (χ0v) is 8.39. The van der Waals surface area contributed by atoms with Gasteiger partial charge in [-0.2, -0.15) is 0 Å². The van der Waals surface area contributed by atoms with Crippen LogP contribution in [-0.2, 0) is 0 Å². The number of nitrogens with zero attached hydrogens (tertiary/aromatic N) is 1. The number of rotatable bonds is 3. The molecule has 2 aliphatic rings. The average molecular weight is 188 g/mol. The van der Waals surface area contributed by atoms with Gasteiger partial charge in [-0.25, -0.2) is 0 Å². The molecule has 2 heteroatoms. The second kappa shape index (κ2) is 3.97. The number of alkyl halides is 1. The van der Waals surface area contributed by atoms with E-state index >= 15 is 0 Å². The molecule has 0 aromatic carbocycles. The Hall–Kier alpha value is 0.250. The van der Waals surface area contributed by atoms with Gasteiger partial charge in [0.25, 0.3) is 0 Å². The van der Waals surface area contributed by atoms with Crippen molar-refractivity contribution in [1.29, 1.82) is 0 Å². The Balaban J connectivity index is 1.75. The van der Waals surface area contributed by atoms with Crippen LogP contribution in [-0.4, -0.2) is 30.4 Å². The molecule has 12 heavy (non-hydrogen) atoms. The molecule has 1 saturated carbocycles. The molecule has 1 nitrogen and oxygen atoms in total. The SMILES string of the molecule is ClCCCN1C[C@H]2CCC[C@@H]2C1. The molecule has 0 aromatic rings. The topological polar surface area (TPSA) is 3.24 Å². The summed E-state index contributed by atoms with van der Waals surface area (Å²) in [7, 11) is 0. The number of halogens is 1. The van der Waals surface area contributed by atoms with Crippen LogP contribution in [0.3, 0.4) is 0 Å². The molecule has 0 aromatic heterocycles. The van der Waals surface area contributed by atoms with Crippen LogP contribution in [0.5, 0.6) is 0 Å². The van der Waals surface area contributed by atoms with Gasteiger partial charge in [0, 0.05) is 19.0 Å². The Morgan fingerprint density at radius 2 is 1.83 bits per heavy atom. The molecule has 0 bridgehead atoms. The van der Waals surface area contributed by atoms with Crippen LogP contribution < -0.4 is 0 Å². The number of fused-ring (bicyclic) bond motifs is 1. The minimum Gasteiger partial charge on any atom is -0.303 e. The molecule has 1 heterocycles. The van der Waals surface area contributed by atoms with Gasteiger partial charge in [-0.15, -0.1) is 11.6 Å². The van der Waals surface area contributed by atoms with Crippen LogP contribution in [0.2, 0.25) is 0 Å². The van der Waals surface area contributed by atoms with Crippen molar-refractivity contribution >= 4 is 11.6 Å². The van der Waals surface area contributed by atoms with Crippen LogP contribution in [0.4, 0.5) is 0 Å². The monoisotopic (exact) mass is 187 g/mol. The highest BCUT2D eigenvalue weighted by Gasteiger charge is 2.35. The standard InChI is InChI=1S/C10H18ClN/c11-5-2-6-12-7-9-3-1-4-10(9)8-12/h9-10H,1-8H2/t9-,10-/m1/s1. The van der Waals surface area contributed by atoms with E-state index in [9.17, 15) is 0 Å². The Kier molecular flexibility index (Phi) is 2.92. The Morgan fingerprint density at radius 1 is 1.17 bits per heavy atom. The summed E-state index contributed by atoms with van der Waals surface area (Å²) < 4.78 is 0. The van der Waals surface area contributed by atoms with Crippen molar-refractivity contribution < 1.29 is 0 Å². The normalized spacial score (nSPS) is 35.8. The highest BCUT2D eigenvalue weighted by atomic mass is 35.5. The van der Waals surface area contributed by atoms with Crippen LogP contribution >= 0.6 is 11.6 Å². The third-order valence-electron chi connectivity index (χ3n) is 3.41. The predicted molar refractivity (Wildman–Crippen MR) is 52.6 cm³/mol. The van der Waals surface area contributed by atoms with Gasteiger partial charge in [0.1, 0.15) is 0 Å². The van der Waals surface area contributed by atoms with Crippen LogP contribution in [0, 0.1) is 11.8 Å². The van der Waals surface area contributed by atoms with E-state index in [4.69, 9.17) is 11.6 Å². The van der Waals surface area contributed by atoms with Gasteiger partial charge in [-0.3, -0.25) is 0 Å². The third-order valence-corrected chi connectivity index (χ3v) is 3.68. The van der Waals surface area contributed by atoms with E-state index in [1.807, 2.05) is 0 Å². The molecule has 2 rings (SSSR count). The van der Waals surface area contributed by atoms with E-state index in [0.717, 1.165) is 17.7 Å². The maximum absolute atomic E-state index is 5.67. The molecule has 2 fully saturated rings. The van der Waals surface area contributed by atoms with Crippen molar-refractivity contribution in [2.75, 3.05) is 25.5 Å². The van der Waals surface area contributed by atoms with E-state index < -0.39 is 0 Å². The lowest BCUT2D eigenvalue weighted by atomic mass is 10.0. The van der Waals surface area contributed by atoms with Gasteiger partial charge >= 0.3 is 0 Å². The number of hydrogen-bond donors (Lipinski definition) is 0. The lowest BCUT2D eigenvalue weighted by molar-refractivity contribution is 0.312. The third kappa shape index (κ3) is 1.77. The zero-order valence-electron chi connectivity index (χ0n) is 7.64. The van der Waals surface area contributed by atoms with E-state index in [1.165, 1.54) is 45.3 Å². The average Bonchev–Trinajstić information content (AvgIpc) is 2.58. The molecule has 70 valence electrons. The smallest absolute Gasteiger partial charge is 0.0235 e. The summed E-state index contributed by atoms with van der Waals surface area (Å²) in [6.07, 6.45) is 5.63. The molecule has 0 amide bonds. The van der Waals surface area contributed by atoms with E-state index in [-0.39, 0.29) is 0 Å². The summed E-state index contributed by atoms with van der Waals surface area (Å²) in [5.74, 6) is 2.91. The van der Waals surface area contributed by atoms with Crippen molar-refractivity contribution in [2.45, 2.75) is 25.7 Å². The molecule has 0 spiro atoms. The van der Waals surface area contributed by atoms with Crippen molar-refractivity contribution in [3.8, 4) is 0 Å². The van der Waals surface area contributed by atoms with Crippen molar-refractivity contribution in [3.63, 3.8) is 0 Å². The summed E-state index contributed by atoms with van der Waals surface area (Å²) in [6.45, 7) is 3.96. The quantitative estimate of drug-likeness (QED) is 0.614. The Bertz CT molecular complexity index is 137. The summed E-state index contributed by atoms with van der Waals surface area (Å²) >= 11 is 5.67. The first-order valence-electron chi connectivity index (χ1n) is 5.18. The fraction of sp³-hybridized carbons (Fsp3) is 1.00. The fourth-order valence-electron chi connectivity index (χ4n) is 2.80. The molecular formula is C10H18ClN. The second-order valence-electron chi connectivity index (χ2n) is 4.25. The zero-order chi connectivity index (χ0) is 8.39. The van der Waals surface area contributed by atoms with Crippen LogP contribution in [0.25, 0.3) is 0 Å². The summed E-state index contributed by atoms with van der Waals surface area (Å²) in [4.78, 5) is 2.61. The molecule has 0 radical (unpaired) electrons. The molecule has 0 N–H and O–H groups in total. The molecule has 1 aliphatic heterocycles. The fourth-order valence-corrected chi connectivity index (χ4v) is 2.92. The second-order valence-corrected chi connectivity index (χ2v) is 4.63. The van der Waals surface area contributed by atoms with Crippen molar-refractivity contribution in [3.05, 3.63) is 0 Å². The Labute approximate surface area is 80.1 Å². The summed E-state index contributed by atoms with van der Waals surface area (Å²) in [5.41, 5.74) is 0. The number of hydrogen-bond acceptors (Lipinski definition) is 1. The lowest BCUT2D eigenvalue weighted by Gasteiger charge is -2.15. The highest BCUT2D eigenvalue weighted by molar-refractivity contribution is 6.17. The highest BCUT2D eigenvalue weighted by Crippen LogP contribution is 2.37. The number of likely N-dealkylation sites (tertiary alicyclic amines) is 1. The summed E-state index contributed by atoms with van der Waals surface area (Å²) in [6, 6.07) is 0. The molecule has 1 saturated heterocycles. The van der Waals surface area contributed by atoms with Crippen LogP contribution in [0.15, 0.2) is 0 Å². The van der Waals surface area contributed by atoms with Gasteiger partial charge in [0.15, 0.2) is 0 Å². The predicted octanol–water partition coefficient (Wildman–Crippen LogP) is 2.35. The van der Waals surface area contributed by atoms with E-state index in [0.29, 0.717) is 0 Å². The minimum atomic E-state index is 0.825.